The summed E-state index contributed by atoms with van der Waals surface area (Å²) in [7, 11) is 1.85. The zero-order valence-electron chi connectivity index (χ0n) is 9.35. The van der Waals surface area contributed by atoms with Crippen LogP contribution in [0.4, 0.5) is 5.69 Å². The first-order valence-electron chi connectivity index (χ1n) is 5.15. The Morgan fingerprint density at radius 1 is 1.40 bits per heavy atom. The molecule has 15 heavy (non-hydrogen) atoms. The van der Waals surface area contributed by atoms with E-state index < -0.39 is 0 Å². The van der Waals surface area contributed by atoms with Crippen molar-refractivity contribution in [3.05, 3.63) is 29.3 Å². The molecular weight excluding hydrogens is 188 g/mol. The van der Waals surface area contributed by atoms with Gasteiger partial charge in [-0.2, -0.15) is 0 Å². The number of rotatable bonds is 1. The fourth-order valence-electron chi connectivity index (χ4n) is 1.99. The molecule has 0 fully saturated rings. The molecule has 80 valence electrons. The molecule has 0 spiro atoms. The van der Waals surface area contributed by atoms with Crippen LogP contribution >= 0.6 is 0 Å². The fourth-order valence-corrected chi connectivity index (χ4v) is 1.99. The molecule has 2 rings (SSSR count). The molecule has 1 aliphatic heterocycles. The monoisotopic (exact) mass is 204 g/mol. The van der Waals surface area contributed by atoms with Gasteiger partial charge in [0.25, 0.3) is 5.91 Å². The van der Waals surface area contributed by atoms with E-state index in [1.807, 2.05) is 39.1 Å². The molecule has 1 aromatic carbocycles. The van der Waals surface area contributed by atoms with Crippen molar-refractivity contribution in [1.82, 2.24) is 5.32 Å². The average molecular weight is 204 g/mol. The lowest BCUT2D eigenvalue weighted by molar-refractivity contribution is 0.0897. The van der Waals surface area contributed by atoms with Crippen molar-refractivity contribution in [1.29, 1.82) is 0 Å². The van der Waals surface area contributed by atoms with E-state index in [2.05, 4.69) is 10.6 Å². The average Bonchev–Trinajstić information content (AvgIpc) is 2.15. The van der Waals surface area contributed by atoms with Gasteiger partial charge in [-0.1, -0.05) is 6.07 Å². The Labute approximate surface area is 89.9 Å². The summed E-state index contributed by atoms with van der Waals surface area (Å²) in [5.41, 5.74) is 2.76. The molecule has 0 aliphatic carbocycles. The molecule has 0 radical (unpaired) electrons. The third kappa shape index (κ3) is 1.82. The van der Waals surface area contributed by atoms with Gasteiger partial charge in [0.1, 0.15) is 0 Å². The predicted octanol–water partition coefficient (Wildman–Crippen LogP) is 1.79. The Balaban J connectivity index is 2.46. The number of hydrogen-bond donors (Lipinski definition) is 2. The quantitative estimate of drug-likeness (QED) is 0.732. The number of benzene rings is 1. The van der Waals surface area contributed by atoms with Crippen molar-refractivity contribution in [2.24, 2.45) is 0 Å². The van der Waals surface area contributed by atoms with Gasteiger partial charge in [-0.15, -0.1) is 0 Å². The Bertz CT molecular complexity index is 410. The smallest absolute Gasteiger partial charge is 0.252 e. The third-order valence-electron chi connectivity index (χ3n) is 2.73. The second kappa shape index (κ2) is 3.26. The first kappa shape index (κ1) is 10.0. The van der Waals surface area contributed by atoms with Crippen LogP contribution in [0.3, 0.4) is 0 Å². The zero-order chi connectivity index (χ0) is 11.1. The highest BCUT2D eigenvalue weighted by Crippen LogP contribution is 2.25. The summed E-state index contributed by atoms with van der Waals surface area (Å²) in [5.74, 6) is 0.0263. The summed E-state index contributed by atoms with van der Waals surface area (Å²) in [6.45, 7) is 4.08. The molecule has 0 bridgehead atoms. The van der Waals surface area contributed by atoms with Crippen molar-refractivity contribution in [3.8, 4) is 0 Å². The van der Waals surface area contributed by atoms with Gasteiger partial charge >= 0.3 is 0 Å². The summed E-state index contributed by atoms with van der Waals surface area (Å²) < 4.78 is 0. The van der Waals surface area contributed by atoms with E-state index in [4.69, 9.17) is 0 Å². The second-order valence-corrected chi connectivity index (χ2v) is 4.64. The minimum atomic E-state index is -0.134. The topological polar surface area (TPSA) is 41.1 Å². The van der Waals surface area contributed by atoms with Crippen LogP contribution in [-0.4, -0.2) is 18.5 Å². The molecule has 0 unspecified atom stereocenters. The number of anilines is 1. The largest absolute Gasteiger partial charge is 0.388 e. The highest BCUT2D eigenvalue weighted by molar-refractivity contribution is 5.98. The van der Waals surface area contributed by atoms with E-state index in [0.29, 0.717) is 0 Å². The summed E-state index contributed by atoms with van der Waals surface area (Å²) in [6.07, 6.45) is 0.887. The van der Waals surface area contributed by atoms with Crippen molar-refractivity contribution < 1.29 is 4.79 Å². The van der Waals surface area contributed by atoms with E-state index in [1.165, 1.54) is 0 Å². The van der Waals surface area contributed by atoms with E-state index in [-0.39, 0.29) is 11.4 Å². The van der Waals surface area contributed by atoms with Gasteiger partial charge in [-0.05, 0) is 38.0 Å². The molecule has 3 nitrogen and oxygen atoms in total. The normalized spacial score (nSPS) is 17.9. The third-order valence-corrected chi connectivity index (χ3v) is 2.73. The predicted molar refractivity (Wildman–Crippen MR) is 61.2 cm³/mol. The molecule has 1 amide bonds. The molecule has 1 aliphatic rings. The molecule has 1 heterocycles. The van der Waals surface area contributed by atoms with Crippen LogP contribution in [0.15, 0.2) is 18.2 Å². The summed E-state index contributed by atoms with van der Waals surface area (Å²) in [4.78, 5) is 11.8. The Morgan fingerprint density at radius 3 is 2.80 bits per heavy atom. The first-order valence-corrected chi connectivity index (χ1v) is 5.15. The number of fused-ring (bicyclic) bond motifs is 1. The molecule has 0 saturated carbocycles. The summed E-state index contributed by atoms with van der Waals surface area (Å²) >= 11 is 0. The Morgan fingerprint density at radius 2 is 2.13 bits per heavy atom. The highest BCUT2D eigenvalue weighted by atomic mass is 16.1. The maximum absolute atomic E-state index is 11.8. The maximum Gasteiger partial charge on any atom is 0.252 e. The molecular formula is C12H16N2O. The standard InChI is InChI=1S/C12H16N2O/c1-12(2)7-8-4-5-9(13-3)6-10(8)11(15)14-12/h4-6,13H,7H2,1-3H3,(H,14,15). The van der Waals surface area contributed by atoms with Gasteiger partial charge in [0.2, 0.25) is 0 Å². The summed E-state index contributed by atoms with van der Waals surface area (Å²) in [6, 6.07) is 5.94. The SMILES string of the molecule is CNc1ccc2c(c1)C(=O)NC(C)(C)C2. The van der Waals surface area contributed by atoms with Crippen molar-refractivity contribution in [2.45, 2.75) is 25.8 Å². The molecule has 3 heteroatoms. The van der Waals surface area contributed by atoms with Crippen LogP contribution in [-0.2, 0) is 6.42 Å². The Kier molecular flexibility index (Phi) is 2.18. The zero-order valence-corrected chi connectivity index (χ0v) is 9.35. The Hall–Kier alpha value is -1.51. The van der Waals surface area contributed by atoms with Crippen molar-refractivity contribution >= 4 is 11.6 Å². The van der Waals surface area contributed by atoms with Crippen LogP contribution in [0, 0.1) is 0 Å². The lowest BCUT2D eigenvalue weighted by atomic mass is 9.87. The molecule has 0 aromatic heterocycles. The molecule has 0 saturated heterocycles. The van der Waals surface area contributed by atoms with E-state index in [9.17, 15) is 4.79 Å². The van der Waals surface area contributed by atoms with Gasteiger partial charge in [0.05, 0.1) is 0 Å². The van der Waals surface area contributed by atoms with Gasteiger partial charge in [0, 0.05) is 23.8 Å². The van der Waals surface area contributed by atoms with E-state index in [0.717, 1.165) is 23.2 Å². The first-order chi connectivity index (χ1) is 7.02. The lowest BCUT2D eigenvalue weighted by Gasteiger charge is -2.32. The van der Waals surface area contributed by atoms with Gasteiger partial charge in [0.15, 0.2) is 0 Å². The minimum Gasteiger partial charge on any atom is -0.388 e. The molecule has 2 N–H and O–H groups in total. The van der Waals surface area contributed by atoms with Crippen LogP contribution in [0.5, 0.6) is 0 Å². The highest BCUT2D eigenvalue weighted by Gasteiger charge is 2.29. The van der Waals surface area contributed by atoms with Crippen molar-refractivity contribution in [3.63, 3.8) is 0 Å². The number of carbonyl (C=O) groups is 1. The molecule has 1 aromatic rings. The van der Waals surface area contributed by atoms with Gasteiger partial charge < -0.3 is 10.6 Å². The number of nitrogens with one attached hydrogen (secondary N) is 2. The number of amides is 1. The summed E-state index contributed by atoms with van der Waals surface area (Å²) in [5, 5.41) is 6.03. The van der Waals surface area contributed by atoms with E-state index in [1.54, 1.807) is 0 Å². The van der Waals surface area contributed by atoms with Crippen molar-refractivity contribution in [2.75, 3.05) is 12.4 Å². The second-order valence-electron chi connectivity index (χ2n) is 4.64. The van der Waals surface area contributed by atoms with Gasteiger partial charge in [-0.3, -0.25) is 4.79 Å². The van der Waals surface area contributed by atoms with Gasteiger partial charge in [-0.25, -0.2) is 0 Å². The molecule has 0 atom stereocenters. The van der Waals surface area contributed by atoms with E-state index >= 15 is 0 Å². The number of hydrogen-bond acceptors (Lipinski definition) is 2. The van der Waals surface area contributed by atoms with Crippen LogP contribution in [0.1, 0.15) is 29.8 Å². The van der Waals surface area contributed by atoms with Crippen LogP contribution < -0.4 is 10.6 Å². The minimum absolute atomic E-state index is 0.0263. The fraction of sp³-hybridized carbons (Fsp3) is 0.417. The maximum atomic E-state index is 11.8. The van der Waals surface area contributed by atoms with Crippen LogP contribution in [0.2, 0.25) is 0 Å². The number of carbonyl (C=O) groups excluding carboxylic acids is 1. The lowest BCUT2D eigenvalue weighted by Crippen LogP contribution is -2.49. The van der Waals surface area contributed by atoms with Crippen LogP contribution in [0.25, 0.3) is 0 Å².